The van der Waals surface area contributed by atoms with Gasteiger partial charge in [-0.15, -0.1) is 0 Å². The van der Waals surface area contributed by atoms with Crippen LogP contribution in [0.4, 0.5) is 0 Å². The van der Waals surface area contributed by atoms with Gasteiger partial charge in [0.05, 0.1) is 0 Å². The Morgan fingerprint density at radius 2 is 1.81 bits per heavy atom. The molecule has 0 heterocycles. The SMILES string of the molecule is CC(C)CNC(=O)CCNC(=S)NC(C)C. The van der Waals surface area contributed by atoms with Crippen LogP contribution in [0.5, 0.6) is 0 Å². The molecule has 16 heavy (non-hydrogen) atoms. The normalized spacial score (nSPS) is 10.4. The predicted octanol–water partition coefficient (Wildman–Crippen LogP) is 1.02. The first kappa shape index (κ1) is 15.2. The van der Waals surface area contributed by atoms with Crippen LogP contribution in [-0.2, 0) is 4.79 Å². The van der Waals surface area contributed by atoms with E-state index in [0.29, 0.717) is 30.0 Å². The summed E-state index contributed by atoms with van der Waals surface area (Å²) in [5, 5.41) is 9.50. The lowest BCUT2D eigenvalue weighted by atomic mass is 10.2. The van der Waals surface area contributed by atoms with Crippen molar-refractivity contribution >= 4 is 23.2 Å². The fourth-order valence-electron chi connectivity index (χ4n) is 1.01. The topological polar surface area (TPSA) is 53.2 Å². The van der Waals surface area contributed by atoms with Gasteiger partial charge in [-0.25, -0.2) is 0 Å². The van der Waals surface area contributed by atoms with Crippen molar-refractivity contribution in [2.45, 2.75) is 40.2 Å². The molecule has 0 aliphatic rings. The van der Waals surface area contributed by atoms with Crippen molar-refractivity contribution < 1.29 is 4.79 Å². The Morgan fingerprint density at radius 1 is 1.19 bits per heavy atom. The molecule has 0 spiro atoms. The van der Waals surface area contributed by atoms with Crippen molar-refractivity contribution in [3.05, 3.63) is 0 Å². The molecule has 4 nitrogen and oxygen atoms in total. The van der Waals surface area contributed by atoms with Gasteiger partial charge in [0, 0.05) is 25.6 Å². The number of carbonyl (C=O) groups excluding carboxylic acids is 1. The summed E-state index contributed by atoms with van der Waals surface area (Å²) in [6.07, 6.45) is 0.451. The number of thiocarbonyl (C=S) groups is 1. The number of hydrogen-bond donors (Lipinski definition) is 3. The minimum atomic E-state index is 0.0635. The lowest BCUT2D eigenvalue weighted by Crippen LogP contribution is -2.40. The Bertz CT molecular complexity index is 229. The van der Waals surface area contributed by atoms with Crippen molar-refractivity contribution in [1.82, 2.24) is 16.0 Å². The molecule has 94 valence electrons. The van der Waals surface area contributed by atoms with E-state index in [1.165, 1.54) is 0 Å². The highest BCUT2D eigenvalue weighted by Gasteiger charge is 2.03. The predicted molar refractivity (Wildman–Crippen MR) is 71.3 cm³/mol. The molecule has 0 rings (SSSR count). The summed E-state index contributed by atoms with van der Waals surface area (Å²) in [6, 6.07) is 0.315. The zero-order valence-electron chi connectivity index (χ0n) is 10.6. The molecule has 0 saturated carbocycles. The molecule has 0 aromatic rings. The van der Waals surface area contributed by atoms with Gasteiger partial charge in [-0.2, -0.15) is 0 Å². The zero-order chi connectivity index (χ0) is 12.6. The average Bonchev–Trinajstić information content (AvgIpc) is 2.13. The summed E-state index contributed by atoms with van der Waals surface area (Å²) < 4.78 is 0. The van der Waals surface area contributed by atoms with E-state index < -0.39 is 0 Å². The third kappa shape index (κ3) is 9.71. The summed E-state index contributed by atoms with van der Waals surface area (Å²) >= 11 is 5.03. The van der Waals surface area contributed by atoms with E-state index in [-0.39, 0.29) is 5.91 Å². The Labute approximate surface area is 104 Å². The molecule has 0 saturated heterocycles. The largest absolute Gasteiger partial charge is 0.362 e. The minimum absolute atomic E-state index is 0.0635. The van der Waals surface area contributed by atoms with Gasteiger partial charge >= 0.3 is 0 Å². The fraction of sp³-hybridized carbons (Fsp3) is 0.818. The molecular weight excluding hydrogens is 222 g/mol. The first-order valence-corrected chi connectivity index (χ1v) is 6.13. The summed E-state index contributed by atoms with van der Waals surface area (Å²) in [6.45, 7) is 9.48. The Morgan fingerprint density at radius 3 is 2.31 bits per heavy atom. The zero-order valence-corrected chi connectivity index (χ0v) is 11.4. The van der Waals surface area contributed by atoms with Gasteiger partial charge in [0.25, 0.3) is 0 Å². The maximum atomic E-state index is 11.3. The lowest BCUT2D eigenvalue weighted by molar-refractivity contribution is -0.121. The third-order valence-electron chi connectivity index (χ3n) is 1.76. The molecule has 0 unspecified atom stereocenters. The smallest absolute Gasteiger partial charge is 0.221 e. The molecule has 0 fully saturated rings. The molecule has 0 aromatic heterocycles. The molecule has 3 N–H and O–H groups in total. The number of hydrogen-bond acceptors (Lipinski definition) is 2. The lowest BCUT2D eigenvalue weighted by Gasteiger charge is -2.13. The van der Waals surface area contributed by atoms with E-state index in [4.69, 9.17) is 12.2 Å². The highest BCUT2D eigenvalue weighted by Crippen LogP contribution is 1.88. The maximum Gasteiger partial charge on any atom is 0.221 e. The second kappa shape index (κ2) is 8.33. The summed E-state index contributed by atoms with van der Waals surface area (Å²) in [7, 11) is 0. The monoisotopic (exact) mass is 245 g/mol. The number of nitrogens with one attached hydrogen (secondary N) is 3. The van der Waals surface area contributed by atoms with Crippen LogP contribution in [0.15, 0.2) is 0 Å². The second-order valence-electron chi connectivity index (χ2n) is 4.50. The molecule has 5 heteroatoms. The Balaban J connectivity index is 3.50. The van der Waals surface area contributed by atoms with Crippen LogP contribution in [0.2, 0.25) is 0 Å². The summed E-state index contributed by atoms with van der Waals surface area (Å²) in [5.74, 6) is 0.550. The van der Waals surface area contributed by atoms with Crippen LogP contribution in [0, 0.1) is 5.92 Å². The first-order chi connectivity index (χ1) is 7.41. The molecule has 0 aromatic carbocycles. The standard InChI is InChI=1S/C11H23N3OS/c1-8(2)7-13-10(15)5-6-12-11(16)14-9(3)4/h8-9H,5-7H2,1-4H3,(H,13,15)(H2,12,14,16). The molecule has 0 bridgehead atoms. The van der Waals surface area contributed by atoms with E-state index in [1.807, 2.05) is 13.8 Å². The van der Waals surface area contributed by atoms with Gasteiger partial charge in [-0.1, -0.05) is 13.8 Å². The molecule has 0 aliphatic carbocycles. The van der Waals surface area contributed by atoms with E-state index in [9.17, 15) is 4.79 Å². The average molecular weight is 245 g/mol. The van der Waals surface area contributed by atoms with Crippen LogP contribution < -0.4 is 16.0 Å². The molecular formula is C11H23N3OS. The van der Waals surface area contributed by atoms with E-state index in [1.54, 1.807) is 0 Å². The van der Waals surface area contributed by atoms with E-state index in [2.05, 4.69) is 29.8 Å². The quantitative estimate of drug-likeness (QED) is 0.612. The summed E-state index contributed by atoms with van der Waals surface area (Å²) in [4.78, 5) is 11.3. The van der Waals surface area contributed by atoms with Crippen LogP contribution in [0.1, 0.15) is 34.1 Å². The maximum absolute atomic E-state index is 11.3. The van der Waals surface area contributed by atoms with E-state index >= 15 is 0 Å². The highest BCUT2D eigenvalue weighted by molar-refractivity contribution is 7.80. The number of carbonyl (C=O) groups is 1. The molecule has 0 aliphatic heterocycles. The fourth-order valence-corrected chi connectivity index (χ4v) is 1.35. The van der Waals surface area contributed by atoms with Crippen LogP contribution >= 0.6 is 12.2 Å². The van der Waals surface area contributed by atoms with Gasteiger partial charge in [-0.3, -0.25) is 4.79 Å². The first-order valence-electron chi connectivity index (χ1n) is 5.73. The van der Waals surface area contributed by atoms with Crippen molar-refractivity contribution in [2.75, 3.05) is 13.1 Å². The van der Waals surface area contributed by atoms with Crippen molar-refractivity contribution in [3.8, 4) is 0 Å². The number of amides is 1. The molecule has 0 atom stereocenters. The van der Waals surface area contributed by atoms with Gasteiger partial charge in [0.15, 0.2) is 5.11 Å². The second-order valence-corrected chi connectivity index (χ2v) is 4.91. The van der Waals surface area contributed by atoms with E-state index in [0.717, 1.165) is 6.54 Å². The van der Waals surface area contributed by atoms with Gasteiger partial charge in [-0.05, 0) is 32.0 Å². The van der Waals surface area contributed by atoms with Crippen LogP contribution in [0.25, 0.3) is 0 Å². The van der Waals surface area contributed by atoms with Gasteiger partial charge in [0.1, 0.15) is 0 Å². The Kier molecular flexibility index (Phi) is 7.89. The Hall–Kier alpha value is -0.840. The van der Waals surface area contributed by atoms with Crippen LogP contribution in [-0.4, -0.2) is 30.2 Å². The molecule has 0 radical (unpaired) electrons. The summed E-state index contributed by atoms with van der Waals surface area (Å²) in [5.41, 5.74) is 0. The third-order valence-corrected chi connectivity index (χ3v) is 2.03. The van der Waals surface area contributed by atoms with Crippen molar-refractivity contribution in [2.24, 2.45) is 5.92 Å². The minimum Gasteiger partial charge on any atom is -0.362 e. The van der Waals surface area contributed by atoms with Crippen molar-refractivity contribution in [3.63, 3.8) is 0 Å². The van der Waals surface area contributed by atoms with Gasteiger partial charge in [0.2, 0.25) is 5.91 Å². The van der Waals surface area contributed by atoms with Gasteiger partial charge < -0.3 is 16.0 Å². The highest BCUT2D eigenvalue weighted by atomic mass is 32.1. The van der Waals surface area contributed by atoms with Crippen LogP contribution in [0.3, 0.4) is 0 Å². The molecule has 1 amide bonds. The van der Waals surface area contributed by atoms with Crippen molar-refractivity contribution in [1.29, 1.82) is 0 Å². The number of rotatable bonds is 6.